The van der Waals surface area contributed by atoms with Crippen molar-refractivity contribution in [1.29, 1.82) is 5.26 Å². The van der Waals surface area contributed by atoms with Crippen molar-refractivity contribution in [3.05, 3.63) is 59.7 Å². The first-order valence-electron chi connectivity index (χ1n) is 7.73. The van der Waals surface area contributed by atoms with Crippen LogP contribution in [0.4, 0.5) is 0 Å². The van der Waals surface area contributed by atoms with Gasteiger partial charge in [-0.05, 0) is 49.0 Å². The molecule has 126 valence electrons. The van der Waals surface area contributed by atoms with E-state index >= 15 is 0 Å². The Morgan fingerprint density at radius 1 is 1.08 bits per heavy atom. The normalized spacial score (nSPS) is 11.8. The molecule has 0 bridgehead atoms. The van der Waals surface area contributed by atoms with Crippen molar-refractivity contribution in [2.75, 3.05) is 27.3 Å². The van der Waals surface area contributed by atoms with Gasteiger partial charge in [-0.15, -0.1) is 0 Å². The van der Waals surface area contributed by atoms with Crippen LogP contribution in [0.25, 0.3) is 0 Å². The molecule has 0 heterocycles. The summed E-state index contributed by atoms with van der Waals surface area (Å²) in [6, 6.07) is 16.8. The summed E-state index contributed by atoms with van der Waals surface area (Å²) >= 11 is 0. The second-order valence-electron chi connectivity index (χ2n) is 5.65. The average Bonchev–Trinajstić information content (AvgIpc) is 2.61. The van der Waals surface area contributed by atoms with Crippen LogP contribution in [0.5, 0.6) is 11.5 Å². The maximum Gasteiger partial charge on any atom is 0.119 e. The second-order valence-corrected chi connectivity index (χ2v) is 5.65. The minimum atomic E-state index is -0.594. The number of nitrogens with zero attached hydrogens (tertiary/aromatic N) is 2. The Morgan fingerprint density at radius 2 is 1.71 bits per heavy atom. The highest BCUT2D eigenvalue weighted by atomic mass is 16.5. The van der Waals surface area contributed by atoms with E-state index in [1.165, 1.54) is 0 Å². The maximum absolute atomic E-state index is 10.1. The number of hydrogen-bond donors (Lipinski definition) is 1. The van der Waals surface area contributed by atoms with E-state index in [1.807, 2.05) is 36.2 Å². The van der Waals surface area contributed by atoms with Gasteiger partial charge in [0.25, 0.3) is 0 Å². The van der Waals surface area contributed by atoms with Crippen LogP contribution < -0.4 is 9.47 Å². The molecule has 24 heavy (non-hydrogen) atoms. The van der Waals surface area contributed by atoms with Crippen LogP contribution in [0.3, 0.4) is 0 Å². The molecule has 1 N–H and O–H groups in total. The average molecular weight is 326 g/mol. The minimum absolute atomic E-state index is 0.207. The van der Waals surface area contributed by atoms with Gasteiger partial charge in [0, 0.05) is 13.1 Å². The van der Waals surface area contributed by atoms with Gasteiger partial charge in [-0.1, -0.05) is 12.1 Å². The van der Waals surface area contributed by atoms with Crippen molar-refractivity contribution < 1.29 is 14.6 Å². The van der Waals surface area contributed by atoms with Crippen molar-refractivity contribution in [2.45, 2.75) is 12.6 Å². The summed E-state index contributed by atoms with van der Waals surface area (Å²) in [7, 11) is 3.60. The van der Waals surface area contributed by atoms with Gasteiger partial charge < -0.3 is 14.6 Å². The predicted octanol–water partition coefficient (Wildman–Crippen LogP) is 2.44. The Morgan fingerprint density at radius 3 is 2.29 bits per heavy atom. The Kier molecular flexibility index (Phi) is 6.62. The number of ether oxygens (including phenoxy) is 2. The molecule has 0 unspecified atom stereocenters. The van der Waals surface area contributed by atoms with Crippen LogP contribution >= 0.6 is 0 Å². The number of likely N-dealkylation sites (N-methyl/N-ethyl adjacent to an activating group) is 1. The van der Waals surface area contributed by atoms with Gasteiger partial charge in [0.05, 0.1) is 18.7 Å². The molecule has 0 aliphatic rings. The number of aliphatic hydroxyl groups is 1. The highest BCUT2D eigenvalue weighted by molar-refractivity contribution is 5.34. The third kappa shape index (κ3) is 5.58. The number of methoxy groups -OCH3 is 1. The van der Waals surface area contributed by atoms with E-state index in [0.717, 1.165) is 17.9 Å². The first-order valence-corrected chi connectivity index (χ1v) is 7.73. The van der Waals surface area contributed by atoms with Crippen LogP contribution in [-0.2, 0) is 6.54 Å². The fourth-order valence-electron chi connectivity index (χ4n) is 2.34. The smallest absolute Gasteiger partial charge is 0.119 e. The molecule has 0 spiro atoms. The van der Waals surface area contributed by atoms with Crippen LogP contribution in [0.1, 0.15) is 11.1 Å². The second kappa shape index (κ2) is 8.92. The molecular weight excluding hydrogens is 304 g/mol. The molecule has 0 saturated carbocycles. The van der Waals surface area contributed by atoms with Gasteiger partial charge in [-0.3, -0.25) is 4.90 Å². The number of hydrogen-bond acceptors (Lipinski definition) is 5. The van der Waals surface area contributed by atoms with Crippen molar-refractivity contribution in [1.82, 2.24) is 4.90 Å². The summed E-state index contributed by atoms with van der Waals surface area (Å²) in [6.07, 6.45) is -0.594. The molecule has 0 aliphatic carbocycles. The van der Waals surface area contributed by atoms with Crippen LogP contribution in [0.15, 0.2) is 48.5 Å². The lowest BCUT2D eigenvalue weighted by atomic mass is 10.2. The molecule has 0 aromatic heterocycles. The summed E-state index contributed by atoms with van der Waals surface area (Å²) in [6.45, 7) is 1.44. The lowest BCUT2D eigenvalue weighted by Gasteiger charge is -2.21. The fourth-order valence-corrected chi connectivity index (χ4v) is 2.34. The number of benzene rings is 2. The molecule has 0 saturated heterocycles. The van der Waals surface area contributed by atoms with E-state index in [9.17, 15) is 5.11 Å². The van der Waals surface area contributed by atoms with Gasteiger partial charge in [0.15, 0.2) is 0 Å². The molecule has 2 aromatic carbocycles. The first-order chi connectivity index (χ1) is 11.6. The number of rotatable bonds is 8. The van der Waals surface area contributed by atoms with Crippen LogP contribution in [0.2, 0.25) is 0 Å². The SMILES string of the molecule is COc1ccc(CN(C)C[C@@H](O)COc2ccc(C#N)cc2)cc1. The summed E-state index contributed by atoms with van der Waals surface area (Å²) in [4.78, 5) is 2.04. The van der Waals surface area contributed by atoms with Gasteiger partial charge in [-0.25, -0.2) is 0 Å². The Hall–Kier alpha value is -2.55. The third-order valence-electron chi connectivity index (χ3n) is 3.56. The van der Waals surface area contributed by atoms with E-state index in [1.54, 1.807) is 31.4 Å². The highest BCUT2D eigenvalue weighted by Crippen LogP contribution is 2.14. The van der Waals surface area contributed by atoms with Crippen LogP contribution in [0, 0.1) is 11.3 Å². The van der Waals surface area contributed by atoms with Crippen molar-refractivity contribution in [3.63, 3.8) is 0 Å². The molecule has 5 heteroatoms. The third-order valence-corrected chi connectivity index (χ3v) is 3.56. The summed E-state index contributed by atoms with van der Waals surface area (Å²) < 4.78 is 10.7. The van der Waals surface area contributed by atoms with Crippen molar-refractivity contribution >= 4 is 0 Å². The van der Waals surface area contributed by atoms with Gasteiger partial charge in [0.1, 0.15) is 24.2 Å². The monoisotopic (exact) mass is 326 g/mol. The lowest BCUT2D eigenvalue weighted by molar-refractivity contribution is 0.0744. The maximum atomic E-state index is 10.1. The standard InChI is InChI=1S/C19H22N2O3/c1-21(12-16-5-7-18(23-2)8-6-16)13-17(22)14-24-19-9-3-15(11-20)4-10-19/h3-10,17,22H,12-14H2,1-2H3/t17-/m1/s1. The highest BCUT2D eigenvalue weighted by Gasteiger charge is 2.10. The fraction of sp³-hybridized carbons (Fsp3) is 0.316. The topological polar surface area (TPSA) is 65.7 Å². The molecule has 0 radical (unpaired) electrons. The summed E-state index contributed by atoms with van der Waals surface area (Å²) in [5.41, 5.74) is 1.74. The largest absolute Gasteiger partial charge is 0.497 e. The van der Waals surface area contributed by atoms with E-state index in [2.05, 4.69) is 6.07 Å². The number of aliphatic hydroxyl groups excluding tert-OH is 1. The minimum Gasteiger partial charge on any atom is -0.497 e. The molecule has 0 fully saturated rings. The van der Waals surface area contributed by atoms with Gasteiger partial charge in [-0.2, -0.15) is 5.26 Å². The van der Waals surface area contributed by atoms with Gasteiger partial charge >= 0.3 is 0 Å². The Bertz CT molecular complexity index is 663. The zero-order valence-electron chi connectivity index (χ0n) is 14.0. The van der Waals surface area contributed by atoms with E-state index in [4.69, 9.17) is 14.7 Å². The first kappa shape index (κ1) is 17.8. The Balaban J connectivity index is 1.75. The molecule has 5 nitrogen and oxygen atoms in total. The molecule has 0 amide bonds. The zero-order valence-corrected chi connectivity index (χ0v) is 14.0. The quantitative estimate of drug-likeness (QED) is 0.807. The molecule has 2 aromatic rings. The predicted molar refractivity (Wildman–Crippen MR) is 92.0 cm³/mol. The summed E-state index contributed by atoms with van der Waals surface area (Å²) in [5, 5.41) is 18.9. The summed E-state index contributed by atoms with van der Waals surface area (Å²) in [5.74, 6) is 1.48. The molecule has 1 atom stereocenters. The molecule has 2 rings (SSSR count). The van der Waals surface area contributed by atoms with Gasteiger partial charge in [0.2, 0.25) is 0 Å². The van der Waals surface area contributed by atoms with Crippen molar-refractivity contribution in [3.8, 4) is 17.6 Å². The van der Waals surface area contributed by atoms with E-state index in [0.29, 0.717) is 17.9 Å². The zero-order chi connectivity index (χ0) is 17.4. The Labute approximate surface area is 142 Å². The van der Waals surface area contributed by atoms with E-state index < -0.39 is 6.10 Å². The van der Waals surface area contributed by atoms with Crippen molar-refractivity contribution in [2.24, 2.45) is 0 Å². The molecular formula is C19H22N2O3. The lowest BCUT2D eigenvalue weighted by Crippen LogP contribution is -2.32. The van der Waals surface area contributed by atoms with Crippen LogP contribution in [-0.4, -0.2) is 43.4 Å². The number of nitriles is 1. The van der Waals surface area contributed by atoms with E-state index in [-0.39, 0.29) is 6.61 Å². The molecule has 0 aliphatic heterocycles.